The Kier molecular flexibility index (Phi) is 4.82. The molecule has 1 amide bonds. The largest absolute Gasteiger partial charge is 0.307 e. The number of carbonyl (C=O) groups is 1. The van der Waals surface area contributed by atoms with E-state index < -0.39 is 0 Å². The van der Waals surface area contributed by atoms with Gasteiger partial charge in [-0.25, -0.2) is 4.98 Å². The molecule has 0 aliphatic heterocycles. The standard InChI is InChI=1S/C21H18N2O/c1-16-9-8-14-20(22-16)23-21(24)19(18-12-6-3-7-13-18)15-17-10-4-2-5-11-17/h2-15H,1H3,(H,22,23,24)/b19-15+. The summed E-state index contributed by atoms with van der Waals surface area (Å²) >= 11 is 0. The minimum absolute atomic E-state index is 0.178. The van der Waals surface area contributed by atoms with E-state index in [9.17, 15) is 4.79 Å². The molecule has 0 aliphatic rings. The molecule has 2 aromatic carbocycles. The van der Waals surface area contributed by atoms with Gasteiger partial charge in [0.2, 0.25) is 0 Å². The highest BCUT2D eigenvalue weighted by Gasteiger charge is 2.13. The summed E-state index contributed by atoms with van der Waals surface area (Å²) in [6.45, 7) is 1.90. The zero-order valence-corrected chi connectivity index (χ0v) is 13.4. The van der Waals surface area contributed by atoms with Crippen molar-refractivity contribution < 1.29 is 4.79 Å². The minimum Gasteiger partial charge on any atom is -0.307 e. The molecule has 3 rings (SSSR count). The van der Waals surface area contributed by atoms with Crippen LogP contribution < -0.4 is 5.32 Å². The van der Waals surface area contributed by atoms with E-state index in [0.717, 1.165) is 16.8 Å². The van der Waals surface area contributed by atoms with E-state index in [2.05, 4.69) is 10.3 Å². The average Bonchev–Trinajstić information content (AvgIpc) is 2.61. The van der Waals surface area contributed by atoms with Gasteiger partial charge in [0, 0.05) is 11.3 Å². The molecule has 0 saturated carbocycles. The summed E-state index contributed by atoms with van der Waals surface area (Å²) < 4.78 is 0. The van der Waals surface area contributed by atoms with E-state index in [1.807, 2.05) is 85.8 Å². The Morgan fingerprint density at radius 1 is 0.875 bits per heavy atom. The summed E-state index contributed by atoms with van der Waals surface area (Å²) in [4.78, 5) is 17.1. The van der Waals surface area contributed by atoms with Crippen LogP contribution in [0.4, 0.5) is 5.82 Å². The molecule has 0 atom stereocenters. The van der Waals surface area contributed by atoms with Crippen molar-refractivity contribution in [3.8, 4) is 0 Å². The van der Waals surface area contributed by atoms with Crippen molar-refractivity contribution in [3.63, 3.8) is 0 Å². The lowest BCUT2D eigenvalue weighted by atomic mass is 10.0. The van der Waals surface area contributed by atoms with Gasteiger partial charge in [-0.15, -0.1) is 0 Å². The molecule has 1 heterocycles. The van der Waals surface area contributed by atoms with Gasteiger partial charge in [0.15, 0.2) is 0 Å². The maximum absolute atomic E-state index is 12.8. The first kappa shape index (κ1) is 15.7. The van der Waals surface area contributed by atoms with E-state index in [1.54, 1.807) is 6.07 Å². The number of aryl methyl sites for hydroxylation is 1. The van der Waals surface area contributed by atoms with Crippen LogP contribution in [0, 0.1) is 6.92 Å². The van der Waals surface area contributed by atoms with Gasteiger partial charge < -0.3 is 5.32 Å². The Hall–Kier alpha value is -3.20. The van der Waals surface area contributed by atoms with E-state index in [4.69, 9.17) is 0 Å². The van der Waals surface area contributed by atoms with Crippen LogP contribution in [-0.4, -0.2) is 10.9 Å². The van der Waals surface area contributed by atoms with Crippen LogP contribution in [0.2, 0.25) is 0 Å². The highest BCUT2D eigenvalue weighted by molar-refractivity contribution is 6.29. The fourth-order valence-corrected chi connectivity index (χ4v) is 2.41. The van der Waals surface area contributed by atoms with Crippen molar-refractivity contribution in [3.05, 3.63) is 95.7 Å². The predicted octanol–water partition coefficient (Wildman–Crippen LogP) is 4.57. The van der Waals surface area contributed by atoms with Crippen molar-refractivity contribution in [1.29, 1.82) is 0 Å². The Bertz CT molecular complexity index is 855. The van der Waals surface area contributed by atoms with Crippen LogP contribution in [0.5, 0.6) is 0 Å². The monoisotopic (exact) mass is 314 g/mol. The van der Waals surface area contributed by atoms with Gasteiger partial charge in [-0.2, -0.15) is 0 Å². The van der Waals surface area contributed by atoms with Crippen LogP contribution in [0.25, 0.3) is 11.6 Å². The number of hydrogen-bond donors (Lipinski definition) is 1. The molecule has 0 aliphatic carbocycles. The smallest absolute Gasteiger partial charge is 0.257 e. The number of carbonyl (C=O) groups excluding carboxylic acids is 1. The number of hydrogen-bond acceptors (Lipinski definition) is 2. The third-order valence-electron chi connectivity index (χ3n) is 3.57. The van der Waals surface area contributed by atoms with Gasteiger partial charge in [-0.05, 0) is 36.3 Å². The van der Waals surface area contributed by atoms with Gasteiger partial charge in [-0.1, -0.05) is 66.7 Å². The lowest BCUT2D eigenvalue weighted by Crippen LogP contribution is -2.14. The number of anilines is 1. The van der Waals surface area contributed by atoms with Gasteiger partial charge in [0.25, 0.3) is 5.91 Å². The molecular weight excluding hydrogens is 296 g/mol. The van der Waals surface area contributed by atoms with Crippen LogP contribution in [-0.2, 0) is 4.79 Å². The first-order chi connectivity index (χ1) is 11.7. The minimum atomic E-state index is -0.178. The van der Waals surface area contributed by atoms with Gasteiger partial charge in [0.1, 0.15) is 5.82 Å². The quantitative estimate of drug-likeness (QED) is 0.566. The Morgan fingerprint density at radius 3 is 2.21 bits per heavy atom. The van der Waals surface area contributed by atoms with Crippen LogP contribution >= 0.6 is 0 Å². The molecular formula is C21H18N2O. The lowest BCUT2D eigenvalue weighted by Gasteiger charge is -2.10. The molecule has 0 radical (unpaired) electrons. The summed E-state index contributed by atoms with van der Waals surface area (Å²) in [5, 5.41) is 2.88. The number of aromatic nitrogens is 1. The maximum atomic E-state index is 12.8. The van der Waals surface area contributed by atoms with Gasteiger partial charge >= 0.3 is 0 Å². The van der Waals surface area contributed by atoms with Crippen molar-refractivity contribution in [1.82, 2.24) is 4.98 Å². The van der Waals surface area contributed by atoms with Crippen LogP contribution in [0.15, 0.2) is 78.9 Å². The maximum Gasteiger partial charge on any atom is 0.257 e. The van der Waals surface area contributed by atoms with Gasteiger partial charge in [-0.3, -0.25) is 4.79 Å². The third kappa shape index (κ3) is 3.96. The SMILES string of the molecule is Cc1cccc(NC(=O)/C(=C/c2ccccc2)c2ccccc2)n1. The van der Waals surface area contributed by atoms with Crippen molar-refractivity contribution in [2.75, 3.05) is 5.32 Å². The third-order valence-corrected chi connectivity index (χ3v) is 3.57. The molecule has 3 aromatic rings. The Balaban J connectivity index is 1.95. The van der Waals surface area contributed by atoms with Crippen LogP contribution in [0.1, 0.15) is 16.8 Å². The van der Waals surface area contributed by atoms with Crippen molar-refractivity contribution in [2.45, 2.75) is 6.92 Å². The molecule has 0 saturated heterocycles. The number of nitrogens with zero attached hydrogens (tertiary/aromatic N) is 1. The Morgan fingerprint density at radius 2 is 1.54 bits per heavy atom. The predicted molar refractivity (Wildman–Crippen MR) is 98.4 cm³/mol. The number of nitrogens with one attached hydrogen (secondary N) is 1. The zero-order chi connectivity index (χ0) is 16.8. The van der Waals surface area contributed by atoms with E-state index in [-0.39, 0.29) is 5.91 Å². The van der Waals surface area contributed by atoms with Gasteiger partial charge in [0.05, 0.1) is 0 Å². The molecule has 0 bridgehead atoms. The highest BCUT2D eigenvalue weighted by atomic mass is 16.1. The second-order valence-electron chi connectivity index (χ2n) is 5.45. The highest BCUT2D eigenvalue weighted by Crippen LogP contribution is 2.20. The van der Waals surface area contributed by atoms with Crippen molar-refractivity contribution >= 4 is 23.4 Å². The average molecular weight is 314 g/mol. The molecule has 3 heteroatoms. The summed E-state index contributed by atoms with van der Waals surface area (Å²) in [7, 11) is 0. The fourth-order valence-electron chi connectivity index (χ4n) is 2.41. The molecule has 0 spiro atoms. The molecule has 1 aromatic heterocycles. The summed E-state index contributed by atoms with van der Waals surface area (Å²) in [6, 6.07) is 25.0. The van der Waals surface area contributed by atoms with Crippen molar-refractivity contribution in [2.24, 2.45) is 0 Å². The van der Waals surface area contributed by atoms with Crippen LogP contribution in [0.3, 0.4) is 0 Å². The first-order valence-electron chi connectivity index (χ1n) is 7.79. The number of pyridine rings is 1. The zero-order valence-electron chi connectivity index (χ0n) is 13.4. The Labute approximate surface area is 141 Å². The molecule has 118 valence electrons. The first-order valence-corrected chi connectivity index (χ1v) is 7.79. The van der Waals surface area contributed by atoms with E-state index in [1.165, 1.54) is 0 Å². The molecule has 24 heavy (non-hydrogen) atoms. The topological polar surface area (TPSA) is 42.0 Å². The second kappa shape index (κ2) is 7.38. The number of rotatable bonds is 4. The molecule has 0 fully saturated rings. The van der Waals surface area contributed by atoms with E-state index in [0.29, 0.717) is 11.4 Å². The normalized spacial score (nSPS) is 11.1. The number of amides is 1. The second-order valence-corrected chi connectivity index (χ2v) is 5.45. The summed E-state index contributed by atoms with van der Waals surface area (Å²) in [6.07, 6.45) is 1.89. The lowest BCUT2D eigenvalue weighted by molar-refractivity contribution is -0.111. The fraction of sp³-hybridized carbons (Fsp3) is 0.0476. The van der Waals surface area contributed by atoms with E-state index >= 15 is 0 Å². The molecule has 3 nitrogen and oxygen atoms in total. The molecule has 0 unspecified atom stereocenters. The number of benzene rings is 2. The summed E-state index contributed by atoms with van der Waals surface area (Å²) in [5.74, 6) is 0.373. The summed E-state index contributed by atoms with van der Waals surface area (Å²) in [5.41, 5.74) is 3.31. The molecule has 1 N–H and O–H groups in total.